The molecule has 0 fully saturated rings. The molecule has 2 rings (SSSR count). The number of hydrogen-bond donors (Lipinski definition) is 1. The first-order chi connectivity index (χ1) is 10.0. The molecule has 0 aliphatic rings. The van der Waals surface area contributed by atoms with Crippen molar-refractivity contribution in [3.63, 3.8) is 0 Å². The molecule has 1 N–H and O–H groups in total. The average Bonchev–Trinajstić information content (AvgIpc) is 2.47. The van der Waals surface area contributed by atoms with Crippen LogP contribution in [0.5, 0.6) is 11.5 Å². The van der Waals surface area contributed by atoms with Crippen molar-refractivity contribution in [3.05, 3.63) is 58.4 Å². The van der Waals surface area contributed by atoms with Gasteiger partial charge in [-0.1, -0.05) is 17.7 Å². The molecule has 0 radical (unpaired) electrons. The van der Waals surface area contributed by atoms with Crippen LogP contribution in [0.25, 0.3) is 0 Å². The van der Waals surface area contributed by atoms with Gasteiger partial charge in [0.15, 0.2) is 11.5 Å². The summed E-state index contributed by atoms with van der Waals surface area (Å²) >= 11 is 5.84. The first-order valence-corrected chi connectivity index (χ1v) is 6.81. The summed E-state index contributed by atoms with van der Waals surface area (Å²) in [4.78, 5) is 0. The van der Waals surface area contributed by atoms with Crippen LogP contribution in [-0.2, 0) is 6.61 Å². The molecular weight excluding hydrogens is 295 g/mol. The predicted molar refractivity (Wildman–Crippen MR) is 79.4 cm³/mol. The van der Waals surface area contributed by atoms with Crippen LogP contribution in [0.4, 0.5) is 4.39 Å². The van der Waals surface area contributed by atoms with Crippen LogP contribution in [-0.4, -0.2) is 12.2 Å². The maximum atomic E-state index is 13.6. The maximum Gasteiger partial charge on any atom is 0.161 e. The molecule has 0 aromatic heterocycles. The molecule has 1 atom stereocenters. The van der Waals surface area contributed by atoms with E-state index in [0.29, 0.717) is 27.6 Å². The second-order valence-electron chi connectivity index (χ2n) is 4.61. The molecule has 2 aromatic carbocycles. The lowest BCUT2D eigenvalue weighted by molar-refractivity contribution is 0.198. The van der Waals surface area contributed by atoms with Crippen LogP contribution in [0, 0.1) is 5.82 Å². The molecule has 21 heavy (non-hydrogen) atoms. The Balaban J connectivity index is 2.18. The second kappa shape index (κ2) is 6.78. The Labute approximate surface area is 127 Å². The predicted octanol–water partition coefficient (Wildman–Crippen LogP) is 4.12. The van der Waals surface area contributed by atoms with Crippen molar-refractivity contribution in [2.75, 3.05) is 7.11 Å². The number of aliphatic hydroxyl groups excluding tert-OH is 1. The van der Waals surface area contributed by atoms with E-state index in [9.17, 15) is 9.50 Å². The van der Waals surface area contributed by atoms with Crippen molar-refractivity contribution in [1.82, 2.24) is 0 Å². The van der Waals surface area contributed by atoms with E-state index in [4.69, 9.17) is 21.1 Å². The van der Waals surface area contributed by atoms with Crippen LogP contribution in [0.3, 0.4) is 0 Å². The van der Waals surface area contributed by atoms with Crippen molar-refractivity contribution >= 4 is 11.6 Å². The van der Waals surface area contributed by atoms with Crippen LogP contribution in [0.1, 0.15) is 24.2 Å². The van der Waals surface area contributed by atoms with Gasteiger partial charge in [0.1, 0.15) is 12.4 Å². The summed E-state index contributed by atoms with van der Waals surface area (Å²) in [6, 6.07) is 9.41. The lowest BCUT2D eigenvalue weighted by Crippen LogP contribution is -2.01. The monoisotopic (exact) mass is 310 g/mol. The van der Waals surface area contributed by atoms with E-state index in [1.807, 2.05) is 0 Å². The number of ether oxygens (including phenoxy) is 2. The van der Waals surface area contributed by atoms with Gasteiger partial charge < -0.3 is 14.6 Å². The van der Waals surface area contributed by atoms with E-state index in [-0.39, 0.29) is 12.4 Å². The van der Waals surface area contributed by atoms with Crippen LogP contribution in [0.2, 0.25) is 5.02 Å². The zero-order valence-electron chi connectivity index (χ0n) is 11.8. The van der Waals surface area contributed by atoms with E-state index in [2.05, 4.69) is 0 Å². The van der Waals surface area contributed by atoms with Gasteiger partial charge in [-0.05, 0) is 42.8 Å². The Hall–Kier alpha value is -1.78. The van der Waals surface area contributed by atoms with Crippen molar-refractivity contribution in [3.8, 4) is 11.5 Å². The first kappa shape index (κ1) is 15.6. The molecule has 0 aliphatic heterocycles. The third-order valence-electron chi connectivity index (χ3n) is 3.06. The fraction of sp³-hybridized carbons (Fsp3) is 0.250. The van der Waals surface area contributed by atoms with E-state index in [1.54, 1.807) is 25.1 Å². The zero-order valence-corrected chi connectivity index (χ0v) is 12.5. The molecule has 0 amide bonds. The van der Waals surface area contributed by atoms with Crippen LogP contribution < -0.4 is 9.47 Å². The summed E-state index contributed by atoms with van der Waals surface area (Å²) in [5, 5.41) is 10.00. The van der Waals surface area contributed by atoms with E-state index in [1.165, 1.54) is 25.3 Å². The molecule has 0 spiro atoms. The van der Waals surface area contributed by atoms with E-state index in [0.717, 1.165) is 0 Å². The van der Waals surface area contributed by atoms with Crippen molar-refractivity contribution in [1.29, 1.82) is 0 Å². The third-order valence-corrected chi connectivity index (χ3v) is 3.30. The largest absolute Gasteiger partial charge is 0.493 e. The Bertz CT molecular complexity index is 629. The molecular formula is C16H16ClFO3. The molecule has 0 heterocycles. The number of benzene rings is 2. The number of aliphatic hydroxyl groups is 1. The second-order valence-corrected chi connectivity index (χ2v) is 5.05. The quantitative estimate of drug-likeness (QED) is 0.903. The van der Waals surface area contributed by atoms with Gasteiger partial charge in [-0.15, -0.1) is 0 Å². The van der Waals surface area contributed by atoms with Crippen molar-refractivity contribution in [2.24, 2.45) is 0 Å². The minimum atomic E-state index is -0.599. The first-order valence-electron chi connectivity index (χ1n) is 6.44. The molecule has 0 aliphatic carbocycles. The van der Waals surface area contributed by atoms with E-state index >= 15 is 0 Å². The number of halogens is 2. The minimum absolute atomic E-state index is 0.0385. The summed E-state index contributed by atoms with van der Waals surface area (Å²) in [7, 11) is 1.51. The molecule has 0 saturated heterocycles. The highest BCUT2D eigenvalue weighted by molar-refractivity contribution is 6.30. The summed E-state index contributed by atoms with van der Waals surface area (Å²) in [6.07, 6.45) is -0.599. The van der Waals surface area contributed by atoms with Gasteiger partial charge in [-0.2, -0.15) is 0 Å². The molecule has 0 bridgehead atoms. The van der Waals surface area contributed by atoms with E-state index < -0.39 is 6.10 Å². The average molecular weight is 311 g/mol. The topological polar surface area (TPSA) is 38.7 Å². The minimum Gasteiger partial charge on any atom is -0.493 e. The van der Waals surface area contributed by atoms with Gasteiger partial charge in [0, 0.05) is 10.6 Å². The van der Waals surface area contributed by atoms with Gasteiger partial charge in [0.05, 0.1) is 13.2 Å². The Morgan fingerprint density at radius 1 is 1.19 bits per heavy atom. The molecule has 5 heteroatoms. The zero-order chi connectivity index (χ0) is 15.4. The summed E-state index contributed by atoms with van der Waals surface area (Å²) in [5.41, 5.74) is 1.08. The molecule has 0 unspecified atom stereocenters. The third kappa shape index (κ3) is 3.86. The Morgan fingerprint density at radius 2 is 1.95 bits per heavy atom. The smallest absolute Gasteiger partial charge is 0.161 e. The van der Waals surface area contributed by atoms with Crippen LogP contribution >= 0.6 is 11.6 Å². The molecule has 112 valence electrons. The standard InChI is InChI=1S/C16H16ClFO3/c1-10(19)11-3-6-15(16(8-11)20-2)21-9-12-7-13(17)4-5-14(12)18/h3-8,10,19H,9H2,1-2H3/t10-/m1/s1. The lowest BCUT2D eigenvalue weighted by atomic mass is 10.1. The van der Waals surface area contributed by atoms with Gasteiger partial charge >= 0.3 is 0 Å². The van der Waals surface area contributed by atoms with Gasteiger partial charge in [0.25, 0.3) is 0 Å². The van der Waals surface area contributed by atoms with Crippen LogP contribution in [0.15, 0.2) is 36.4 Å². The summed E-state index contributed by atoms with van der Waals surface area (Å²) in [6.45, 7) is 1.70. The van der Waals surface area contributed by atoms with Gasteiger partial charge in [-0.3, -0.25) is 0 Å². The number of rotatable bonds is 5. The highest BCUT2D eigenvalue weighted by Crippen LogP contribution is 2.31. The van der Waals surface area contributed by atoms with Gasteiger partial charge in [-0.25, -0.2) is 4.39 Å². The Kier molecular flexibility index (Phi) is 5.04. The SMILES string of the molecule is COc1cc([C@@H](C)O)ccc1OCc1cc(Cl)ccc1F. The van der Waals surface area contributed by atoms with Crippen molar-refractivity contribution in [2.45, 2.75) is 19.6 Å². The van der Waals surface area contributed by atoms with Gasteiger partial charge in [0.2, 0.25) is 0 Å². The Morgan fingerprint density at radius 3 is 2.62 bits per heavy atom. The summed E-state index contributed by atoms with van der Waals surface area (Å²) < 4.78 is 24.4. The highest BCUT2D eigenvalue weighted by Gasteiger charge is 2.10. The highest BCUT2D eigenvalue weighted by atomic mass is 35.5. The molecule has 2 aromatic rings. The molecule has 0 saturated carbocycles. The number of hydrogen-bond acceptors (Lipinski definition) is 3. The normalized spacial score (nSPS) is 12.0. The summed E-state index contributed by atoms with van der Waals surface area (Å²) in [5.74, 6) is 0.580. The lowest BCUT2D eigenvalue weighted by Gasteiger charge is -2.13. The van der Waals surface area contributed by atoms with Crippen molar-refractivity contribution < 1.29 is 19.0 Å². The maximum absolute atomic E-state index is 13.6. The fourth-order valence-corrected chi connectivity index (χ4v) is 2.07. The number of methoxy groups -OCH3 is 1. The fourth-order valence-electron chi connectivity index (χ4n) is 1.87. The molecule has 3 nitrogen and oxygen atoms in total.